The number of ether oxygens (including phenoxy) is 1. The molecule has 4 nitrogen and oxygen atoms in total. The van der Waals surface area contributed by atoms with Gasteiger partial charge in [0.25, 0.3) is 0 Å². The average Bonchev–Trinajstić information content (AvgIpc) is 2.98. The number of hydrogen-bond donors (Lipinski definition) is 1. The summed E-state index contributed by atoms with van der Waals surface area (Å²) in [6, 6.07) is 9.48. The van der Waals surface area contributed by atoms with Gasteiger partial charge in [0.15, 0.2) is 5.11 Å². The predicted molar refractivity (Wildman–Crippen MR) is 87.9 cm³/mol. The Hall–Kier alpha value is -1.64. The summed E-state index contributed by atoms with van der Waals surface area (Å²) in [6.45, 7) is 5.88. The van der Waals surface area contributed by atoms with Gasteiger partial charge in [-0.05, 0) is 43.3 Å². The van der Waals surface area contributed by atoms with E-state index in [0.717, 1.165) is 25.1 Å². The SMILES string of the molecule is CCC(CC)C1OCCN1C(=S)Nc1cccc(C#N)c1. The van der Waals surface area contributed by atoms with Crippen LogP contribution in [-0.2, 0) is 4.74 Å². The highest BCUT2D eigenvalue weighted by molar-refractivity contribution is 7.80. The van der Waals surface area contributed by atoms with Crippen LogP contribution in [0.4, 0.5) is 5.69 Å². The van der Waals surface area contributed by atoms with Crippen molar-refractivity contribution in [3.8, 4) is 6.07 Å². The minimum Gasteiger partial charge on any atom is -0.356 e. The summed E-state index contributed by atoms with van der Waals surface area (Å²) in [5, 5.41) is 12.8. The monoisotopic (exact) mass is 303 g/mol. The Kier molecular flexibility index (Phi) is 5.54. The standard InChI is InChI=1S/C16H21N3OS/c1-3-13(4-2)15-19(8-9-20-15)16(21)18-14-7-5-6-12(10-14)11-17/h5-7,10,13,15H,3-4,8-9H2,1-2H3,(H,18,21). The van der Waals surface area contributed by atoms with Crippen LogP contribution in [0, 0.1) is 17.2 Å². The Labute approximate surface area is 131 Å². The van der Waals surface area contributed by atoms with Gasteiger partial charge in [0.1, 0.15) is 6.23 Å². The third-order valence-electron chi connectivity index (χ3n) is 3.88. The van der Waals surface area contributed by atoms with Crippen LogP contribution in [0.5, 0.6) is 0 Å². The molecule has 112 valence electrons. The van der Waals surface area contributed by atoms with E-state index in [-0.39, 0.29) is 6.23 Å². The maximum Gasteiger partial charge on any atom is 0.175 e. The van der Waals surface area contributed by atoms with E-state index in [2.05, 4.69) is 30.1 Å². The number of benzene rings is 1. The van der Waals surface area contributed by atoms with Crippen LogP contribution < -0.4 is 5.32 Å². The highest BCUT2D eigenvalue weighted by Crippen LogP contribution is 2.25. The van der Waals surface area contributed by atoms with Crippen LogP contribution in [0.1, 0.15) is 32.3 Å². The molecule has 0 spiro atoms. The van der Waals surface area contributed by atoms with Crippen LogP contribution >= 0.6 is 12.2 Å². The summed E-state index contributed by atoms with van der Waals surface area (Å²) in [7, 11) is 0. The Morgan fingerprint density at radius 2 is 2.29 bits per heavy atom. The topological polar surface area (TPSA) is 48.3 Å². The van der Waals surface area contributed by atoms with E-state index in [9.17, 15) is 0 Å². The number of nitrogens with one attached hydrogen (secondary N) is 1. The zero-order valence-corrected chi connectivity index (χ0v) is 13.3. The summed E-state index contributed by atoms with van der Waals surface area (Å²) in [4.78, 5) is 2.12. The number of rotatable bonds is 4. The molecular weight excluding hydrogens is 282 g/mol. The van der Waals surface area contributed by atoms with Gasteiger partial charge >= 0.3 is 0 Å². The molecule has 1 aromatic carbocycles. The van der Waals surface area contributed by atoms with Crippen molar-refractivity contribution in [2.24, 2.45) is 5.92 Å². The van der Waals surface area contributed by atoms with Crippen molar-refractivity contribution < 1.29 is 4.74 Å². The molecule has 1 aromatic rings. The lowest BCUT2D eigenvalue weighted by molar-refractivity contribution is 0.0117. The molecule has 0 aliphatic carbocycles. The Morgan fingerprint density at radius 3 is 2.95 bits per heavy atom. The van der Waals surface area contributed by atoms with Gasteiger partial charge < -0.3 is 15.0 Å². The molecule has 21 heavy (non-hydrogen) atoms. The van der Waals surface area contributed by atoms with Gasteiger partial charge in [0.2, 0.25) is 0 Å². The summed E-state index contributed by atoms with van der Waals surface area (Å²) in [5.41, 5.74) is 1.46. The third kappa shape index (κ3) is 3.72. The fourth-order valence-electron chi connectivity index (χ4n) is 2.65. The first-order chi connectivity index (χ1) is 10.2. The molecule has 1 fully saturated rings. The van der Waals surface area contributed by atoms with Crippen molar-refractivity contribution in [3.05, 3.63) is 29.8 Å². The van der Waals surface area contributed by atoms with Gasteiger partial charge in [-0.3, -0.25) is 0 Å². The molecule has 0 saturated carbocycles. The van der Waals surface area contributed by atoms with E-state index in [4.69, 9.17) is 22.2 Å². The van der Waals surface area contributed by atoms with Crippen LogP contribution in [-0.4, -0.2) is 29.4 Å². The maximum absolute atomic E-state index is 8.95. The quantitative estimate of drug-likeness (QED) is 0.864. The molecule has 1 N–H and O–H groups in total. The number of thiocarbonyl (C=S) groups is 1. The van der Waals surface area contributed by atoms with Crippen molar-refractivity contribution in [1.29, 1.82) is 5.26 Å². The van der Waals surface area contributed by atoms with Crippen molar-refractivity contribution in [1.82, 2.24) is 4.90 Å². The Bertz CT molecular complexity index is 537. The summed E-state index contributed by atoms with van der Waals surface area (Å²) in [5.74, 6) is 0.484. The first-order valence-corrected chi connectivity index (χ1v) is 7.79. The van der Waals surface area contributed by atoms with Crippen LogP contribution in [0.2, 0.25) is 0 Å². The number of nitrogens with zero attached hydrogens (tertiary/aromatic N) is 2. The minimum absolute atomic E-state index is 0.0548. The molecule has 2 rings (SSSR count). The molecule has 0 radical (unpaired) electrons. The van der Waals surface area contributed by atoms with E-state index in [0.29, 0.717) is 23.2 Å². The number of hydrogen-bond acceptors (Lipinski definition) is 3. The molecule has 5 heteroatoms. The number of anilines is 1. The first kappa shape index (κ1) is 15.7. The zero-order chi connectivity index (χ0) is 15.2. The normalized spacial score (nSPS) is 17.8. The van der Waals surface area contributed by atoms with Crippen molar-refractivity contribution in [2.45, 2.75) is 32.9 Å². The molecule has 1 heterocycles. The van der Waals surface area contributed by atoms with E-state index < -0.39 is 0 Å². The Morgan fingerprint density at radius 1 is 1.52 bits per heavy atom. The lowest BCUT2D eigenvalue weighted by Gasteiger charge is -2.31. The van der Waals surface area contributed by atoms with E-state index in [1.54, 1.807) is 12.1 Å². The molecule has 0 amide bonds. The van der Waals surface area contributed by atoms with Gasteiger partial charge in [-0.25, -0.2) is 0 Å². The van der Waals surface area contributed by atoms with Crippen molar-refractivity contribution in [2.75, 3.05) is 18.5 Å². The van der Waals surface area contributed by atoms with E-state index in [1.165, 1.54) is 0 Å². The second-order valence-corrected chi connectivity index (χ2v) is 5.54. The largest absolute Gasteiger partial charge is 0.356 e. The van der Waals surface area contributed by atoms with Crippen LogP contribution in [0.3, 0.4) is 0 Å². The summed E-state index contributed by atoms with van der Waals surface area (Å²) in [6.07, 6.45) is 2.20. The smallest absolute Gasteiger partial charge is 0.175 e. The van der Waals surface area contributed by atoms with E-state index in [1.807, 2.05) is 12.1 Å². The van der Waals surface area contributed by atoms with Gasteiger partial charge in [0.05, 0.1) is 18.2 Å². The summed E-state index contributed by atoms with van der Waals surface area (Å²) < 4.78 is 5.86. The second kappa shape index (κ2) is 7.39. The molecule has 0 aromatic heterocycles. The lowest BCUT2D eigenvalue weighted by Crippen LogP contribution is -2.42. The highest BCUT2D eigenvalue weighted by Gasteiger charge is 2.32. The van der Waals surface area contributed by atoms with E-state index >= 15 is 0 Å². The number of nitriles is 1. The average molecular weight is 303 g/mol. The van der Waals surface area contributed by atoms with Crippen molar-refractivity contribution in [3.63, 3.8) is 0 Å². The van der Waals surface area contributed by atoms with Gasteiger partial charge in [0, 0.05) is 18.2 Å². The molecule has 1 aliphatic rings. The van der Waals surface area contributed by atoms with Crippen molar-refractivity contribution >= 4 is 23.0 Å². The fourth-order valence-corrected chi connectivity index (χ4v) is 2.96. The summed E-state index contributed by atoms with van der Waals surface area (Å²) >= 11 is 5.52. The predicted octanol–water partition coefficient (Wildman–Crippen LogP) is 3.35. The highest BCUT2D eigenvalue weighted by atomic mass is 32.1. The second-order valence-electron chi connectivity index (χ2n) is 5.15. The van der Waals surface area contributed by atoms with Gasteiger partial charge in [-0.15, -0.1) is 0 Å². The molecule has 1 saturated heterocycles. The molecule has 1 aliphatic heterocycles. The van der Waals surface area contributed by atoms with Gasteiger partial charge in [-0.2, -0.15) is 5.26 Å². The third-order valence-corrected chi connectivity index (χ3v) is 4.22. The zero-order valence-electron chi connectivity index (χ0n) is 12.5. The molecule has 1 unspecified atom stereocenters. The van der Waals surface area contributed by atoms with Gasteiger partial charge in [-0.1, -0.05) is 19.9 Å². The first-order valence-electron chi connectivity index (χ1n) is 7.39. The molecule has 0 bridgehead atoms. The van der Waals surface area contributed by atoms with Crippen LogP contribution in [0.25, 0.3) is 0 Å². The van der Waals surface area contributed by atoms with Crippen LogP contribution in [0.15, 0.2) is 24.3 Å². The molecular formula is C16H21N3OS. The fraction of sp³-hybridized carbons (Fsp3) is 0.500. The lowest BCUT2D eigenvalue weighted by atomic mass is 10.0. The molecule has 1 atom stereocenters. The maximum atomic E-state index is 8.95. The minimum atomic E-state index is 0.0548. The Balaban J connectivity index is 2.06.